The first-order valence-corrected chi connectivity index (χ1v) is 15.0. The standard InChI is InChI=1S/C26H24N6O4S2/c33-37(34,31-15-4-5-16-31)23-10-8-20(9-11-23)24-12-13-27-26-25(24)18-21(19-30-17-14-28-29-30)32(26)38(35,36)22-6-2-1-3-7-22/h1-3,6-14,17-18H,4-5,15-16,19H2. The minimum absolute atomic E-state index is 0.140. The van der Waals surface area contributed by atoms with Crippen LogP contribution >= 0.6 is 0 Å². The van der Waals surface area contributed by atoms with Crippen LogP contribution in [0.2, 0.25) is 0 Å². The van der Waals surface area contributed by atoms with Gasteiger partial charge in [-0.3, -0.25) is 0 Å². The first kappa shape index (κ1) is 24.5. The molecule has 1 aliphatic rings. The zero-order valence-electron chi connectivity index (χ0n) is 20.3. The molecule has 0 unspecified atom stereocenters. The molecule has 0 atom stereocenters. The smallest absolute Gasteiger partial charge is 0.247 e. The maximum absolute atomic E-state index is 13.8. The molecule has 6 rings (SSSR count). The van der Waals surface area contributed by atoms with Gasteiger partial charge in [0.1, 0.15) is 0 Å². The van der Waals surface area contributed by atoms with Crippen LogP contribution in [-0.4, -0.2) is 58.2 Å². The largest absolute Gasteiger partial charge is 0.269 e. The monoisotopic (exact) mass is 548 g/mol. The summed E-state index contributed by atoms with van der Waals surface area (Å²) in [6.45, 7) is 1.23. The van der Waals surface area contributed by atoms with Crippen LogP contribution in [0, 0.1) is 0 Å². The zero-order valence-corrected chi connectivity index (χ0v) is 21.9. The summed E-state index contributed by atoms with van der Waals surface area (Å²) in [6, 6.07) is 18.5. The molecule has 0 aliphatic carbocycles. The van der Waals surface area contributed by atoms with Gasteiger partial charge in [0.25, 0.3) is 10.0 Å². The minimum atomic E-state index is -3.98. The topological polar surface area (TPSA) is 120 Å². The second-order valence-corrected chi connectivity index (χ2v) is 12.8. The van der Waals surface area contributed by atoms with Crippen molar-refractivity contribution in [2.45, 2.75) is 29.2 Å². The van der Waals surface area contributed by atoms with E-state index in [1.165, 1.54) is 14.5 Å². The van der Waals surface area contributed by atoms with Gasteiger partial charge in [-0.25, -0.2) is 30.5 Å². The van der Waals surface area contributed by atoms with Gasteiger partial charge >= 0.3 is 0 Å². The average molecular weight is 549 g/mol. The average Bonchev–Trinajstić information content (AvgIpc) is 3.71. The van der Waals surface area contributed by atoms with E-state index < -0.39 is 20.0 Å². The molecule has 0 saturated carbocycles. The number of sulfonamides is 1. The van der Waals surface area contributed by atoms with Gasteiger partial charge in [-0.1, -0.05) is 35.5 Å². The molecule has 38 heavy (non-hydrogen) atoms. The molecule has 1 fully saturated rings. The van der Waals surface area contributed by atoms with Crippen LogP contribution in [0.5, 0.6) is 0 Å². The highest BCUT2D eigenvalue weighted by Crippen LogP contribution is 2.33. The summed E-state index contributed by atoms with van der Waals surface area (Å²) >= 11 is 0. The quantitative estimate of drug-likeness (QED) is 0.306. The van der Waals surface area contributed by atoms with E-state index >= 15 is 0 Å². The van der Waals surface area contributed by atoms with Crippen LogP contribution in [0.4, 0.5) is 0 Å². The van der Waals surface area contributed by atoms with Crippen LogP contribution in [0.1, 0.15) is 18.5 Å². The Kier molecular flexibility index (Phi) is 6.09. The van der Waals surface area contributed by atoms with Crippen molar-refractivity contribution in [3.05, 3.63) is 91.0 Å². The third kappa shape index (κ3) is 4.20. The van der Waals surface area contributed by atoms with Crippen molar-refractivity contribution in [2.24, 2.45) is 0 Å². The number of hydrogen-bond acceptors (Lipinski definition) is 7. The van der Waals surface area contributed by atoms with E-state index in [1.807, 2.05) is 0 Å². The molecule has 0 amide bonds. The summed E-state index contributed by atoms with van der Waals surface area (Å²) in [6.07, 6.45) is 6.48. The van der Waals surface area contributed by atoms with Gasteiger partial charge in [0, 0.05) is 30.9 Å². The molecule has 12 heteroatoms. The number of benzene rings is 2. The number of nitrogens with zero attached hydrogens (tertiary/aromatic N) is 6. The van der Waals surface area contributed by atoms with Crippen LogP contribution in [-0.2, 0) is 26.6 Å². The molecule has 0 N–H and O–H groups in total. The number of hydrogen-bond donors (Lipinski definition) is 0. The van der Waals surface area contributed by atoms with Gasteiger partial charge in [-0.15, -0.1) is 5.10 Å². The lowest BCUT2D eigenvalue weighted by Crippen LogP contribution is -2.27. The predicted molar refractivity (Wildman–Crippen MR) is 141 cm³/mol. The van der Waals surface area contributed by atoms with Gasteiger partial charge in [-0.05, 0) is 60.4 Å². The molecule has 194 valence electrons. The second kappa shape index (κ2) is 9.46. The molecule has 2 aromatic carbocycles. The van der Waals surface area contributed by atoms with Crippen molar-refractivity contribution in [1.82, 2.24) is 28.3 Å². The molecule has 0 bridgehead atoms. The van der Waals surface area contributed by atoms with Crippen molar-refractivity contribution >= 4 is 31.1 Å². The Morgan fingerprint density at radius 2 is 1.50 bits per heavy atom. The number of aromatic nitrogens is 5. The van der Waals surface area contributed by atoms with E-state index in [0.717, 1.165) is 24.0 Å². The molecule has 3 aromatic heterocycles. The summed E-state index contributed by atoms with van der Waals surface area (Å²) in [5.74, 6) is 0. The molecule has 4 heterocycles. The van der Waals surface area contributed by atoms with E-state index in [2.05, 4.69) is 15.3 Å². The van der Waals surface area contributed by atoms with Crippen LogP contribution in [0.15, 0.2) is 95.1 Å². The van der Waals surface area contributed by atoms with E-state index in [-0.39, 0.29) is 22.0 Å². The third-order valence-electron chi connectivity index (χ3n) is 6.68. The molecular formula is C26H24N6O4S2. The Balaban J connectivity index is 1.49. The molecule has 0 radical (unpaired) electrons. The lowest BCUT2D eigenvalue weighted by Gasteiger charge is -2.15. The number of pyridine rings is 1. The van der Waals surface area contributed by atoms with E-state index in [1.54, 1.807) is 83.8 Å². The van der Waals surface area contributed by atoms with Gasteiger partial charge < -0.3 is 0 Å². The Bertz CT molecular complexity index is 1810. The van der Waals surface area contributed by atoms with Crippen LogP contribution < -0.4 is 0 Å². The van der Waals surface area contributed by atoms with E-state index in [4.69, 9.17) is 0 Å². The summed E-state index contributed by atoms with van der Waals surface area (Å²) in [5, 5.41) is 8.45. The van der Waals surface area contributed by atoms with Crippen molar-refractivity contribution < 1.29 is 16.8 Å². The summed E-state index contributed by atoms with van der Waals surface area (Å²) in [7, 11) is -7.52. The lowest BCUT2D eigenvalue weighted by atomic mass is 10.0. The van der Waals surface area contributed by atoms with Crippen molar-refractivity contribution in [3.63, 3.8) is 0 Å². The van der Waals surface area contributed by atoms with E-state index in [9.17, 15) is 16.8 Å². The Hall–Kier alpha value is -3.87. The van der Waals surface area contributed by atoms with Gasteiger partial charge in [0.15, 0.2) is 5.65 Å². The Morgan fingerprint density at radius 3 is 2.18 bits per heavy atom. The zero-order chi connectivity index (χ0) is 26.3. The second-order valence-electron chi connectivity index (χ2n) is 9.05. The fourth-order valence-corrected chi connectivity index (χ4v) is 7.84. The van der Waals surface area contributed by atoms with Gasteiger partial charge in [0.05, 0.1) is 28.2 Å². The maximum atomic E-state index is 13.8. The molecule has 1 aliphatic heterocycles. The summed E-state index contributed by atoms with van der Waals surface area (Å²) in [5.41, 5.74) is 2.22. The SMILES string of the molecule is O=S(=O)(c1ccc(-c2ccnc3c2cc(Cn2ccnn2)n3S(=O)(=O)c2ccccc2)cc1)N1CCCC1. The molecule has 1 saturated heterocycles. The van der Waals surface area contributed by atoms with Gasteiger partial charge in [0.2, 0.25) is 10.0 Å². The van der Waals surface area contributed by atoms with Crippen LogP contribution in [0.25, 0.3) is 22.2 Å². The Morgan fingerprint density at radius 1 is 0.789 bits per heavy atom. The highest BCUT2D eigenvalue weighted by atomic mass is 32.2. The fraction of sp³-hybridized carbons (Fsp3) is 0.192. The molecule has 5 aromatic rings. The van der Waals surface area contributed by atoms with Gasteiger partial charge in [-0.2, -0.15) is 4.31 Å². The lowest BCUT2D eigenvalue weighted by molar-refractivity contribution is 0.477. The first-order chi connectivity index (χ1) is 18.4. The molecular weight excluding hydrogens is 524 g/mol. The molecule has 0 spiro atoms. The predicted octanol–water partition coefficient (Wildman–Crippen LogP) is 3.36. The normalized spacial score (nSPS) is 14.8. The third-order valence-corrected chi connectivity index (χ3v) is 10.3. The first-order valence-electron chi connectivity index (χ1n) is 12.1. The van der Waals surface area contributed by atoms with Crippen LogP contribution in [0.3, 0.4) is 0 Å². The maximum Gasteiger partial charge on any atom is 0.269 e. The van der Waals surface area contributed by atoms with Crippen molar-refractivity contribution in [3.8, 4) is 11.1 Å². The summed E-state index contributed by atoms with van der Waals surface area (Å²) in [4.78, 5) is 4.83. The summed E-state index contributed by atoms with van der Waals surface area (Å²) < 4.78 is 57.8. The number of rotatable bonds is 7. The number of fused-ring (bicyclic) bond motifs is 1. The minimum Gasteiger partial charge on any atom is -0.247 e. The van der Waals surface area contributed by atoms with Crippen molar-refractivity contribution in [2.75, 3.05) is 13.1 Å². The van der Waals surface area contributed by atoms with E-state index in [0.29, 0.717) is 24.2 Å². The Labute approximate surface area is 220 Å². The highest BCUT2D eigenvalue weighted by molar-refractivity contribution is 7.90. The fourth-order valence-electron chi connectivity index (χ4n) is 4.82. The molecule has 10 nitrogen and oxygen atoms in total. The highest BCUT2D eigenvalue weighted by Gasteiger charge is 2.28. The van der Waals surface area contributed by atoms with Crippen molar-refractivity contribution in [1.29, 1.82) is 0 Å².